The van der Waals surface area contributed by atoms with E-state index in [0.29, 0.717) is 11.3 Å². The fraction of sp³-hybridized carbons (Fsp3) is 0.200. The first-order chi connectivity index (χ1) is 7.00. The molecule has 0 heterocycles. The number of benzene rings is 1. The van der Waals surface area contributed by atoms with Crippen LogP contribution in [0.1, 0.15) is 15.9 Å². The van der Waals surface area contributed by atoms with Crippen LogP contribution in [0.4, 0.5) is 0 Å². The summed E-state index contributed by atoms with van der Waals surface area (Å²) in [5, 5.41) is 8.76. The van der Waals surface area contributed by atoms with E-state index in [9.17, 15) is 9.59 Å². The Morgan fingerprint density at radius 3 is 2.60 bits per heavy atom. The zero-order chi connectivity index (χ0) is 11.4. The van der Waals surface area contributed by atoms with Crippen LogP contribution in [0, 0.1) is 6.92 Å². The van der Waals surface area contributed by atoms with E-state index in [1.165, 1.54) is 12.1 Å². The number of ether oxygens (including phenoxy) is 1. The van der Waals surface area contributed by atoms with Crippen molar-refractivity contribution in [2.75, 3.05) is 6.61 Å². The standard InChI is InChI=1S/C10H11NO4/c1-6-4-7(15-5-9(11)12)2-3-8(6)10(13)14/h2-4H,5H2,1H3,(H2,11,12)(H,13,14). The maximum Gasteiger partial charge on any atom is 0.335 e. The van der Waals surface area contributed by atoms with Crippen molar-refractivity contribution in [1.29, 1.82) is 0 Å². The molecule has 0 aliphatic heterocycles. The lowest BCUT2D eigenvalue weighted by molar-refractivity contribution is -0.119. The highest BCUT2D eigenvalue weighted by Crippen LogP contribution is 2.17. The van der Waals surface area contributed by atoms with Gasteiger partial charge >= 0.3 is 5.97 Å². The Labute approximate surface area is 86.5 Å². The van der Waals surface area contributed by atoms with E-state index in [2.05, 4.69) is 0 Å². The lowest BCUT2D eigenvalue weighted by Gasteiger charge is -2.06. The maximum atomic E-state index is 10.7. The summed E-state index contributed by atoms with van der Waals surface area (Å²) in [5.74, 6) is -1.14. The fourth-order valence-electron chi connectivity index (χ4n) is 1.12. The third-order valence-electron chi connectivity index (χ3n) is 1.81. The van der Waals surface area contributed by atoms with Crippen LogP contribution in [0.3, 0.4) is 0 Å². The number of nitrogens with two attached hydrogens (primary N) is 1. The summed E-state index contributed by atoms with van der Waals surface area (Å²) in [6.07, 6.45) is 0. The average Bonchev–Trinajstić information content (AvgIpc) is 2.14. The van der Waals surface area contributed by atoms with Gasteiger partial charge in [-0.15, -0.1) is 0 Å². The van der Waals surface area contributed by atoms with Crippen LogP contribution in [0.2, 0.25) is 0 Å². The Morgan fingerprint density at radius 1 is 1.47 bits per heavy atom. The summed E-state index contributed by atoms with van der Waals surface area (Å²) in [5.41, 5.74) is 5.68. The molecule has 1 aromatic carbocycles. The fourth-order valence-corrected chi connectivity index (χ4v) is 1.12. The highest BCUT2D eigenvalue weighted by molar-refractivity contribution is 5.89. The lowest BCUT2D eigenvalue weighted by atomic mass is 10.1. The third kappa shape index (κ3) is 2.98. The number of carbonyl (C=O) groups excluding carboxylic acids is 1. The maximum absolute atomic E-state index is 10.7. The van der Waals surface area contributed by atoms with Gasteiger partial charge in [0, 0.05) is 0 Å². The Hall–Kier alpha value is -2.04. The van der Waals surface area contributed by atoms with Gasteiger partial charge in [-0.3, -0.25) is 4.79 Å². The molecule has 1 aromatic rings. The van der Waals surface area contributed by atoms with Crippen LogP contribution in [0.15, 0.2) is 18.2 Å². The number of aromatic carboxylic acids is 1. The molecule has 0 atom stereocenters. The third-order valence-corrected chi connectivity index (χ3v) is 1.81. The lowest BCUT2D eigenvalue weighted by Crippen LogP contribution is -2.20. The molecule has 0 aliphatic rings. The average molecular weight is 209 g/mol. The molecule has 3 N–H and O–H groups in total. The van der Waals surface area contributed by atoms with Crippen LogP contribution in [-0.2, 0) is 4.79 Å². The molecular weight excluding hydrogens is 198 g/mol. The summed E-state index contributed by atoms with van der Waals surface area (Å²) in [4.78, 5) is 21.1. The van der Waals surface area contributed by atoms with Gasteiger partial charge in [0.2, 0.25) is 0 Å². The first kappa shape index (κ1) is 11.0. The number of carbonyl (C=O) groups is 2. The van der Waals surface area contributed by atoms with E-state index in [-0.39, 0.29) is 12.2 Å². The van der Waals surface area contributed by atoms with Gasteiger partial charge in [-0.1, -0.05) is 0 Å². The van der Waals surface area contributed by atoms with E-state index in [0.717, 1.165) is 0 Å². The van der Waals surface area contributed by atoms with Gasteiger partial charge in [0.1, 0.15) is 5.75 Å². The minimum Gasteiger partial charge on any atom is -0.484 e. The molecule has 0 aromatic heterocycles. The summed E-state index contributed by atoms with van der Waals surface area (Å²) in [6.45, 7) is 1.44. The highest BCUT2D eigenvalue weighted by Gasteiger charge is 2.07. The molecule has 0 radical (unpaired) electrons. The van der Waals surface area contributed by atoms with E-state index in [4.69, 9.17) is 15.6 Å². The molecule has 5 heteroatoms. The predicted octanol–water partition coefficient (Wildman–Crippen LogP) is 0.557. The first-order valence-corrected chi connectivity index (χ1v) is 4.25. The minimum absolute atomic E-state index is 0.210. The minimum atomic E-state index is -0.992. The zero-order valence-corrected chi connectivity index (χ0v) is 8.19. The second-order valence-corrected chi connectivity index (χ2v) is 3.04. The Balaban J connectivity index is 2.82. The van der Waals surface area contributed by atoms with E-state index >= 15 is 0 Å². The molecule has 80 valence electrons. The zero-order valence-electron chi connectivity index (χ0n) is 8.19. The number of hydrogen-bond acceptors (Lipinski definition) is 3. The molecular formula is C10H11NO4. The number of primary amides is 1. The van der Waals surface area contributed by atoms with Crippen molar-refractivity contribution < 1.29 is 19.4 Å². The van der Waals surface area contributed by atoms with E-state index < -0.39 is 11.9 Å². The molecule has 15 heavy (non-hydrogen) atoms. The molecule has 1 rings (SSSR count). The van der Waals surface area contributed by atoms with Gasteiger partial charge in [0.05, 0.1) is 5.56 Å². The summed E-state index contributed by atoms with van der Waals surface area (Å²) in [6, 6.07) is 4.46. The molecule has 0 saturated heterocycles. The molecule has 1 amide bonds. The van der Waals surface area contributed by atoms with Crippen molar-refractivity contribution >= 4 is 11.9 Å². The first-order valence-electron chi connectivity index (χ1n) is 4.25. The Kier molecular flexibility index (Phi) is 3.28. The predicted molar refractivity (Wildman–Crippen MR) is 52.8 cm³/mol. The smallest absolute Gasteiger partial charge is 0.335 e. The van der Waals surface area contributed by atoms with Crippen LogP contribution >= 0.6 is 0 Å². The SMILES string of the molecule is Cc1cc(OCC(N)=O)ccc1C(=O)O. The largest absolute Gasteiger partial charge is 0.484 e. The summed E-state index contributed by atoms with van der Waals surface area (Å²) >= 11 is 0. The Bertz CT molecular complexity index is 400. The van der Waals surface area contributed by atoms with Crippen LogP contribution in [0.25, 0.3) is 0 Å². The second kappa shape index (κ2) is 4.45. The van der Waals surface area contributed by atoms with Crippen molar-refractivity contribution in [3.63, 3.8) is 0 Å². The number of rotatable bonds is 4. The summed E-state index contributed by atoms with van der Waals surface area (Å²) in [7, 11) is 0. The molecule has 0 saturated carbocycles. The van der Waals surface area contributed by atoms with Crippen LogP contribution in [0.5, 0.6) is 5.75 Å². The van der Waals surface area contributed by atoms with Crippen molar-refractivity contribution in [1.82, 2.24) is 0 Å². The highest BCUT2D eigenvalue weighted by atomic mass is 16.5. The molecule has 0 unspecified atom stereocenters. The topological polar surface area (TPSA) is 89.6 Å². The molecule has 0 fully saturated rings. The normalized spacial score (nSPS) is 9.67. The van der Waals surface area contributed by atoms with Gasteiger partial charge in [-0.25, -0.2) is 4.79 Å². The molecule has 0 spiro atoms. The molecule has 0 aliphatic carbocycles. The van der Waals surface area contributed by atoms with Crippen molar-refractivity contribution in [3.8, 4) is 5.75 Å². The Morgan fingerprint density at radius 2 is 2.13 bits per heavy atom. The van der Waals surface area contributed by atoms with Gasteiger partial charge < -0.3 is 15.6 Å². The van der Waals surface area contributed by atoms with Crippen molar-refractivity contribution in [2.45, 2.75) is 6.92 Å². The number of carboxylic acid groups (broad SMARTS) is 1. The van der Waals surface area contributed by atoms with Gasteiger partial charge in [0.15, 0.2) is 6.61 Å². The van der Waals surface area contributed by atoms with Gasteiger partial charge in [-0.05, 0) is 30.7 Å². The number of carboxylic acids is 1. The van der Waals surface area contributed by atoms with Crippen LogP contribution in [-0.4, -0.2) is 23.6 Å². The van der Waals surface area contributed by atoms with Gasteiger partial charge in [-0.2, -0.15) is 0 Å². The van der Waals surface area contributed by atoms with Gasteiger partial charge in [0.25, 0.3) is 5.91 Å². The number of amides is 1. The number of hydrogen-bond donors (Lipinski definition) is 2. The van der Waals surface area contributed by atoms with E-state index in [1.54, 1.807) is 13.0 Å². The quantitative estimate of drug-likeness (QED) is 0.758. The number of aryl methyl sites for hydroxylation is 1. The van der Waals surface area contributed by atoms with Crippen molar-refractivity contribution in [3.05, 3.63) is 29.3 Å². The summed E-state index contributed by atoms with van der Waals surface area (Å²) < 4.78 is 5.02. The second-order valence-electron chi connectivity index (χ2n) is 3.04. The molecule has 5 nitrogen and oxygen atoms in total. The van der Waals surface area contributed by atoms with E-state index in [1.807, 2.05) is 0 Å². The van der Waals surface area contributed by atoms with Crippen molar-refractivity contribution in [2.24, 2.45) is 5.73 Å². The molecule has 0 bridgehead atoms. The monoisotopic (exact) mass is 209 g/mol. The van der Waals surface area contributed by atoms with Crippen LogP contribution < -0.4 is 10.5 Å².